The van der Waals surface area contributed by atoms with Gasteiger partial charge in [-0.2, -0.15) is 0 Å². The van der Waals surface area contributed by atoms with E-state index in [1.807, 2.05) is 24.3 Å². The van der Waals surface area contributed by atoms with Crippen molar-refractivity contribution in [2.24, 2.45) is 4.99 Å². The van der Waals surface area contributed by atoms with Crippen LogP contribution in [0.5, 0.6) is 0 Å². The normalized spacial score (nSPS) is 9.87. The molecule has 0 atom stereocenters. The first-order valence-electron chi connectivity index (χ1n) is 4.64. The Bertz CT molecular complexity index is 518. The van der Waals surface area contributed by atoms with Gasteiger partial charge in [-0.3, -0.25) is 4.98 Å². The molecular formula is C11H9N3O. The van der Waals surface area contributed by atoms with E-state index >= 15 is 0 Å². The van der Waals surface area contributed by atoms with Crippen LogP contribution in [-0.2, 0) is 11.2 Å². The predicted octanol–water partition coefficient (Wildman–Crippen LogP) is 1.51. The molecule has 0 aliphatic carbocycles. The summed E-state index contributed by atoms with van der Waals surface area (Å²) in [5.74, 6) is 0. The highest BCUT2D eigenvalue weighted by molar-refractivity contribution is 5.73. The van der Waals surface area contributed by atoms with Crippen LogP contribution in [0, 0.1) is 0 Å². The molecule has 1 heterocycles. The second-order valence-electron chi connectivity index (χ2n) is 3.07. The van der Waals surface area contributed by atoms with E-state index < -0.39 is 0 Å². The molecule has 0 amide bonds. The zero-order chi connectivity index (χ0) is 10.5. The summed E-state index contributed by atoms with van der Waals surface area (Å²) in [5, 5.41) is 0. The quantitative estimate of drug-likeness (QED) is 0.556. The van der Waals surface area contributed by atoms with Crippen molar-refractivity contribution >= 4 is 17.1 Å². The zero-order valence-corrected chi connectivity index (χ0v) is 8.05. The predicted molar refractivity (Wildman–Crippen MR) is 56.2 cm³/mol. The monoisotopic (exact) mass is 199 g/mol. The summed E-state index contributed by atoms with van der Waals surface area (Å²) in [7, 11) is 0. The van der Waals surface area contributed by atoms with E-state index in [0.29, 0.717) is 13.0 Å². The van der Waals surface area contributed by atoms with Gasteiger partial charge in [0, 0.05) is 12.6 Å². The maximum absolute atomic E-state index is 9.88. The third kappa shape index (κ3) is 2.24. The summed E-state index contributed by atoms with van der Waals surface area (Å²) in [6.07, 6.45) is 3.83. The highest BCUT2D eigenvalue weighted by atomic mass is 16.1. The molecule has 1 aromatic heterocycles. The molecule has 0 aliphatic rings. The van der Waals surface area contributed by atoms with E-state index in [4.69, 9.17) is 0 Å². The largest absolute Gasteiger partial charge is 0.253 e. The number of hydrogen-bond acceptors (Lipinski definition) is 4. The van der Waals surface area contributed by atoms with E-state index in [1.165, 1.54) is 6.08 Å². The maximum Gasteiger partial charge on any atom is 0.234 e. The van der Waals surface area contributed by atoms with Crippen molar-refractivity contribution < 1.29 is 4.79 Å². The molecule has 0 fully saturated rings. The Morgan fingerprint density at radius 2 is 2.07 bits per heavy atom. The van der Waals surface area contributed by atoms with Crippen LogP contribution >= 0.6 is 0 Å². The van der Waals surface area contributed by atoms with Crippen LogP contribution in [0.4, 0.5) is 0 Å². The summed E-state index contributed by atoms with van der Waals surface area (Å²) >= 11 is 0. The van der Waals surface area contributed by atoms with Crippen molar-refractivity contribution in [2.75, 3.05) is 6.54 Å². The van der Waals surface area contributed by atoms with Crippen LogP contribution < -0.4 is 0 Å². The third-order valence-electron chi connectivity index (χ3n) is 2.04. The maximum atomic E-state index is 9.88. The van der Waals surface area contributed by atoms with Crippen LogP contribution in [0.2, 0.25) is 0 Å². The molecule has 0 unspecified atom stereocenters. The van der Waals surface area contributed by atoms with Gasteiger partial charge in [-0.15, -0.1) is 0 Å². The number of carbonyl (C=O) groups excluding carboxylic acids is 1. The second kappa shape index (κ2) is 4.44. The Hall–Kier alpha value is -2.06. The average Bonchev–Trinajstić information content (AvgIpc) is 2.29. The fourth-order valence-electron chi connectivity index (χ4n) is 1.33. The fraction of sp³-hybridized carbons (Fsp3) is 0.182. The van der Waals surface area contributed by atoms with Crippen LogP contribution in [-0.4, -0.2) is 22.6 Å². The molecule has 4 heteroatoms. The summed E-state index contributed by atoms with van der Waals surface area (Å²) < 4.78 is 0. The van der Waals surface area contributed by atoms with Crippen molar-refractivity contribution in [1.29, 1.82) is 0 Å². The molecule has 0 saturated carbocycles. The molecule has 2 rings (SSSR count). The number of fused-ring (bicyclic) bond motifs is 1. The minimum absolute atomic E-state index is 0.413. The van der Waals surface area contributed by atoms with Crippen molar-refractivity contribution in [3.8, 4) is 0 Å². The molecule has 0 radical (unpaired) electrons. The van der Waals surface area contributed by atoms with E-state index in [2.05, 4.69) is 15.0 Å². The summed E-state index contributed by atoms with van der Waals surface area (Å²) in [4.78, 5) is 22.0. The van der Waals surface area contributed by atoms with E-state index in [0.717, 1.165) is 16.7 Å². The molecular weight excluding hydrogens is 190 g/mol. The van der Waals surface area contributed by atoms with Crippen molar-refractivity contribution in [3.63, 3.8) is 0 Å². The molecule has 0 aliphatic heterocycles. The van der Waals surface area contributed by atoms with Gasteiger partial charge in [0.1, 0.15) is 0 Å². The van der Waals surface area contributed by atoms with E-state index in [1.54, 1.807) is 6.20 Å². The SMILES string of the molecule is O=C=NCCc1cnc2ccccc2n1. The number of nitrogens with zero attached hydrogens (tertiary/aromatic N) is 3. The number of aromatic nitrogens is 2. The highest BCUT2D eigenvalue weighted by Crippen LogP contribution is 2.08. The molecule has 0 bridgehead atoms. The van der Waals surface area contributed by atoms with Crippen LogP contribution in [0.3, 0.4) is 0 Å². The van der Waals surface area contributed by atoms with Gasteiger partial charge in [0.05, 0.1) is 23.3 Å². The number of rotatable bonds is 3. The minimum Gasteiger partial charge on any atom is -0.253 e. The molecule has 2 aromatic rings. The smallest absolute Gasteiger partial charge is 0.234 e. The first kappa shape index (κ1) is 9.49. The fourth-order valence-corrected chi connectivity index (χ4v) is 1.33. The van der Waals surface area contributed by atoms with Gasteiger partial charge in [0.15, 0.2) is 0 Å². The second-order valence-corrected chi connectivity index (χ2v) is 3.07. The van der Waals surface area contributed by atoms with Crippen LogP contribution in [0.25, 0.3) is 11.0 Å². The third-order valence-corrected chi connectivity index (χ3v) is 2.04. The molecule has 74 valence electrons. The van der Waals surface area contributed by atoms with Crippen molar-refractivity contribution in [2.45, 2.75) is 6.42 Å². The molecule has 1 aromatic carbocycles. The highest BCUT2D eigenvalue weighted by Gasteiger charge is 1.98. The van der Waals surface area contributed by atoms with Gasteiger partial charge in [-0.25, -0.2) is 14.8 Å². The van der Waals surface area contributed by atoms with Crippen LogP contribution in [0.1, 0.15) is 5.69 Å². The number of para-hydroxylation sites is 2. The van der Waals surface area contributed by atoms with Gasteiger partial charge < -0.3 is 0 Å². The Labute approximate surface area is 86.7 Å². The van der Waals surface area contributed by atoms with E-state index in [9.17, 15) is 4.79 Å². The van der Waals surface area contributed by atoms with Gasteiger partial charge in [0.25, 0.3) is 0 Å². The lowest BCUT2D eigenvalue weighted by molar-refractivity contribution is 0.563. The van der Waals surface area contributed by atoms with Gasteiger partial charge >= 0.3 is 0 Å². The summed E-state index contributed by atoms with van der Waals surface area (Å²) in [6, 6.07) is 7.67. The van der Waals surface area contributed by atoms with Crippen LogP contribution in [0.15, 0.2) is 35.5 Å². The number of hydrogen-bond donors (Lipinski definition) is 0. The first-order chi connectivity index (χ1) is 7.40. The first-order valence-corrected chi connectivity index (χ1v) is 4.64. The summed E-state index contributed by atoms with van der Waals surface area (Å²) in [6.45, 7) is 0.413. The lowest BCUT2D eigenvalue weighted by Crippen LogP contribution is -1.95. The molecule has 0 spiro atoms. The number of benzene rings is 1. The lowest BCUT2D eigenvalue weighted by atomic mass is 10.2. The lowest BCUT2D eigenvalue weighted by Gasteiger charge is -1.99. The average molecular weight is 199 g/mol. The van der Waals surface area contributed by atoms with Crippen molar-refractivity contribution in [1.82, 2.24) is 9.97 Å². The van der Waals surface area contributed by atoms with Gasteiger partial charge in [0.2, 0.25) is 6.08 Å². The Morgan fingerprint density at radius 1 is 1.27 bits per heavy atom. The van der Waals surface area contributed by atoms with Gasteiger partial charge in [-0.05, 0) is 12.1 Å². The standard InChI is InChI=1S/C11H9N3O/c15-8-12-6-5-9-7-13-10-3-1-2-4-11(10)14-9/h1-4,7H,5-6H2. The Balaban J connectivity index is 2.26. The minimum atomic E-state index is 0.413. The number of isocyanates is 1. The van der Waals surface area contributed by atoms with E-state index in [-0.39, 0.29) is 0 Å². The Morgan fingerprint density at radius 3 is 2.87 bits per heavy atom. The van der Waals surface area contributed by atoms with Crippen molar-refractivity contribution in [3.05, 3.63) is 36.2 Å². The summed E-state index contributed by atoms with van der Waals surface area (Å²) in [5.41, 5.74) is 2.58. The number of aliphatic imine (C=N–C) groups is 1. The Kier molecular flexibility index (Phi) is 2.81. The topological polar surface area (TPSA) is 55.2 Å². The van der Waals surface area contributed by atoms with Gasteiger partial charge in [-0.1, -0.05) is 12.1 Å². The molecule has 0 N–H and O–H groups in total. The molecule has 15 heavy (non-hydrogen) atoms. The zero-order valence-electron chi connectivity index (χ0n) is 8.05. The molecule has 4 nitrogen and oxygen atoms in total. The molecule has 0 saturated heterocycles.